The molecule has 124 valence electrons. The van der Waals surface area contributed by atoms with Gasteiger partial charge in [0, 0.05) is 32.2 Å². The molecule has 1 aliphatic rings. The summed E-state index contributed by atoms with van der Waals surface area (Å²) in [7, 11) is 3.77. The first-order valence-corrected chi connectivity index (χ1v) is 7.42. The normalized spacial score (nSPS) is 18.5. The van der Waals surface area contributed by atoms with Gasteiger partial charge in [0.1, 0.15) is 0 Å². The van der Waals surface area contributed by atoms with Crippen molar-refractivity contribution in [3.8, 4) is 0 Å². The molecular weight excluding hydrogens is 417 g/mol. The monoisotopic (exact) mass is 439 g/mol. The summed E-state index contributed by atoms with van der Waals surface area (Å²) in [6.07, 6.45) is 0.0788. The van der Waals surface area contributed by atoms with E-state index in [1.54, 1.807) is 7.05 Å². The summed E-state index contributed by atoms with van der Waals surface area (Å²) < 4.78 is 11.0. The van der Waals surface area contributed by atoms with Gasteiger partial charge in [-0.25, -0.2) is 0 Å². The molecule has 0 aromatic heterocycles. The van der Waals surface area contributed by atoms with E-state index < -0.39 is 0 Å². The van der Waals surface area contributed by atoms with Crippen molar-refractivity contribution < 1.29 is 9.47 Å². The first-order valence-electron chi connectivity index (χ1n) is 7.04. The Labute approximate surface area is 154 Å². The molecule has 1 aromatic rings. The van der Waals surface area contributed by atoms with Gasteiger partial charge in [0.05, 0.1) is 25.9 Å². The lowest BCUT2D eigenvalue weighted by atomic mass is 10.2. The van der Waals surface area contributed by atoms with Gasteiger partial charge in [0.15, 0.2) is 5.96 Å². The third-order valence-electron chi connectivity index (χ3n) is 3.25. The van der Waals surface area contributed by atoms with Crippen molar-refractivity contribution in [1.29, 1.82) is 0 Å². The van der Waals surface area contributed by atoms with Crippen LogP contribution in [0.25, 0.3) is 0 Å². The maximum absolute atomic E-state index is 6.01. The van der Waals surface area contributed by atoms with Gasteiger partial charge in [0.25, 0.3) is 0 Å². The molecule has 0 bridgehead atoms. The van der Waals surface area contributed by atoms with Gasteiger partial charge in [-0.1, -0.05) is 23.7 Å². The van der Waals surface area contributed by atoms with E-state index >= 15 is 0 Å². The molecule has 1 saturated heterocycles. The standard InChI is InChI=1S/C15H22ClN3O2.HI/c1-17-15(18-9-14-11-20-6-7-21-14)19(2)10-12-4-3-5-13(16)8-12;/h3-5,8,14H,6-7,9-11H2,1-2H3,(H,17,18);1H. The molecule has 0 aliphatic carbocycles. The summed E-state index contributed by atoms with van der Waals surface area (Å²) in [6, 6.07) is 7.84. The van der Waals surface area contributed by atoms with E-state index in [1.807, 2.05) is 31.3 Å². The molecule has 1 atom stereocenters. The van der Waals surface area contributed by atoms with Crippen LogP contribution in [0.1, 0.15) is 5.56 Å². The molecular formula is C15H23ClIN3O2. The Bertz CT molecular complexity index is 482. The first kappa shape index (κ1) is 19.5. The van der Waals surface area contributed by atoms with Crippen molar-refractivity contribution in [3.05, 3.63) is 34.9 Å². The lowest BCUT2D eigenvalue weighted by molar-refractivity contribution is -0.0851. The minimum absolute atomic E-state index is 0. The van der Waals surface area contributed by atoms with Gasteiger partial charge in [-0.3, -0.25) is 4.99 Å². The molecule has 0 amide bonds. The van der Waals surface area contributed by atoms with E-state index in [4.69, 9.17) is 21.1 Å². The Balaban J connectivity index is 0.00000242. The van der Waals surface area contributed by atoms with Crippen LogP contribution in [0.2, 0.25) is 5.02 Å². The predicted molar refractivity (Wildman–Crippen MR) is 100 cm³/mol. The summed E-state index contributed by atoms with van der Waals surface area (Å²) in [5.74, 6) is 0.823. The first-order chi connectivity index (χ1) is 10.2. The van der Waals surface area contributed by atoms with Crippen LogP contribution in [-0.2, 0) is 16.0 Å². The lowest BCUT2D eigenvalue weighted by Crippen LogP contribution is -2.45. The van der Waals surface area contributed by atoms with Crippen LogP contribution in [0.5, 0.6) is 0 Å². The number of ether oxygens (including phenoxy) is 2. The number of hydrogen-bond donors (Lipinski definition) is 1. The topological polar surface area (TPSA) is 46.1 Å². The summed E-state index contributed by atoms with van der Waals surface area (Å²) in [5.41, 5.74) is 1.14. The van der Waals surface area contributed by atoms with Crippen LogP contribution >= 0.6 is 35.6 Å². The number of aliphatic imine (C=N–C) groups is 1. The Morgan fingerprint density at radius 3 is 2.91 bits per heavy atom. The van der Waals surface area contributed by atoms with Gasteiger partial charge in [-0.15, -0.1) is 24.0 Å². The van der Waals surface area contributed by atoms with Gasteiger partial charge < -0.3 is 19.7 Å². The number of hydrogen-bond acceptors (Lipinski definition) is 3. The fourth-order valence-electron chi connectivity index (χ4n) is 2.23. The van der Waals surface area contributed by atoms with Crippen molar-refractivity contribution >= 4 is 41.5 Å². The predicted octanol–water partition coefficient (Wildman–Crippen LogP) is 2.38. The lowest BCUT2D eigenvalue weighted by Gasteiger charge is -2.27. The maximum Gasteiger partial charge on any atom is 0.193 e. The molecule has 1 N–H and O–H groups in total. The number of benzene rings is 1. The third kappa shape index (κ3) is 6.28. The summed E-state index contributed by atoms with van der Waals surface area (Å²) in [6.45, 7) is 3.39. The van der Waals surface area contributed by atoms with Crippen LogP contribution in [0, 0.1) is 0 Å². The van der Waals surface area contributed by atoms with Crippen molar-refractivity contribution in [3.63, 3.8) is 0 Å². The fourth-order valence-corrected chi connectivity index (χ4v) is 2.44. The minimum atomic E-state index is 0. The molecule has 5 nitrogen and oxygen atoms in total. The zero-order chi connectivity index (χ0) is 15.1. The van der Waals surface area contributed by atoms with Crippen LogP contribution < -0.4 is 5.32 Å². The zero-order valence-corrected chi connectivity index (χ0v) is 16.0. The second-order valence-corrected chi connectivity index (χ2v) is 5.42. The Hall–Kier alpha value is -0.570. The highest BCUT2D eigenvalue weighted by atomic mass is 127. The van der Waals surface area contributed by atoms with Gasteiger partial charge in [0.2, 0.25) is 0 Å². The van der Waals surface area contributed by atoms with Gasteiger partial charge >= 0.3 is 0 Å². The Morgan fingerprint density at radius 1 is 1.45 bits per heavy atom. The third-order valence-corrected chi connectivity index (χ3v) is 3.49. The van der Waals surface area contributed by atoms with E-state index in [0.717, 1.165) is 23.1 Å². The number of guanidine groups is 1. The molecule has 22 heavy (non-hydrogen) atoms. The highest BCUT2D eigenvalue weighted by Gasteiger charge is 2.15. The van der Waals surface area contributed by atoms with Crippen LogP contribution in [-0.4, -0.2) is 57.4 Å². The molecule has 0 spiro atoms. The number of nitrogens with zero attached hydrogens (tertiary/aromatic N) is 2. The van der Waals surface area contributed by atoms with Crippen LogP contribution in [0.15, 0.2) is 29.3 Å². The van der Waals surface area contributed by atoms with Crippen LogP contribution in [0.4, 0.5) is 0 Å². The quantitative estimate of drug-likeness (QED) is 0.445. The summed E-state index contributed by atoms with van der Waals surface area (Å²) in [5, 5.41) is 4.06. The van der Waals surface area contributed by atoms with E-state index in [-0.39, 0.29) is 30.1 Å². The van der Waals surface area contributed by atoms with Crippen molar-refractivity contribution in [1.82, 2.24) is 10.2 Å². The smallest absolute Gasteiger partial charge is 0.193 e. The summed E-state index contributed by atoms with van der Waals surface area (Å²) >= 11 is 6.01. The molecule has 1 heterocycles. The minimum Gasteiger partial charge on any atom is -0.376 e. The Kier molecular flexibility index (Phi) is 9.08. The molecule has 1 aromatic carbocycles. The molecule has 0 saturated carbocycles. The van der Waals surface area contributed by atoms with Crippen molar-refractivity contribution in [2.75, 3.05) is 40.5 Å². The largest absolute Gasteiger partial charge is 0.376 e. The van der Waals surface area contributed by atoms with Gasteiger partial charge in [-0.2, -0.15) is 0 Å². The molecule has 1 fully saturated rings. The van der Waals surface area contributed by atoms with E-state index in [1.165, 1.54) is 0 Å². The number of rotatable bonds is 4. The second-order valence-electron chi connectivity index (χ2n) is 4.98. The molecule has 2 rings (SSSR count). The van der Waals surface area contributed by atoms with E-state index in [9.17, 15) is 0 Å². The van der Waals surface area contributed by atoms with Gasteiger partial charge in [-0.05, 0) is 17.7 Å². The zero-order valence-electron chi connectivity index (χ0n) is 12.9. The van der Waals surface area contributed by atoms with E-state index in [0.29, 0.717) is 26.4 Å². The molecule has 1 unspecified atom stereocenters. The van der Waals surface area contributed by atoms with E-state index in [2.05, 4.69) is 15.2 Å². The maximum atomic E-state index is 6.01. The second kappa shape index (κ2) is 10.3. The highest BCUT2D eigenvalue weighted by Crippen LogP contribution is 2.12. The Morgan fingerprint density at radius 2 is 2.27 bits per heavy atom. The molecule has 7 heteroatoms. The van der Waals surface area contributed by atoms with Crippen molar-refractivity contribution in [2.45, 2.75) is 12.6 Å². The molecule has 0 radical (unpaired) electrons. The van der Waals surface area contributed by atoms with Crippen LogP contribution in [0.3, 0.4) is 0 Å². The average molecular weight is 440 g/mol. The highest BCUT2D eigenvalue weighted by molar-refractivity contribution is 14.0. The van der Waals surface area contributed by atoms with Crippen molar-refractivity contribution in [2.24, 2.45) is 4.99 Å². The SMILES string of the molecule is CN=C(NCC1COCCO1)N(C)Cc1cccc(Cl)c1.I. The fraction of sp³-hybridized carbons (Fsp3) is 0.533. The molecule has 1 aliphatic heterocycles. The average Bonchev–Trinajstić information content (AvgIpc) is 2.49. The summed E-state index contributed by atoms with van der Waals surface area (Å²) in [4.78, 5) is 6.34. The number of halogens is 2. The number of nitrogens with one attached hydrogen (secondary N) is 1.